The molecule has 4 rings (SSSR count). The summed E-state index contributed by atoms with van der Waals surface area (Å²) < 4.78 is 5.40. The Hall–Kier alpha value is -2.21. The Bertz CT molecular complexity index is 732. The molecule has 3 aromatic rings. The number of rotatable bonds is 1. The van der Waals surface area contributed by atoms with Crippen LogP contribution in [0.5, 0.6) is 0 Å². The molecule has 1 N–H and O–H groups in total. The maximum atomic E-state index is 5.40. The third-order valence-electron chi connectivity index (χ3n) is 3.48. The summed E-state index contributed by atoms with van der Waals surface area (Å²) in [5, 5.41) is 2.19. The number of hydrogen-bond donors (Lipinski definition) is 1. The van der Waals surface area contributed by atoms with Crippen molar-refractivity contribution in [1.29, 1.82) is 0 Å². The molecule has 0 spiro atoms. The summed E-state index contributed by atoms with van der Waals surface area (Å²) in [6.45, 7) is 3.22. The van der Waals surface area contributed by atoms with Gasteiger partial charge in [-0.25, -0.2) is 9.97 Å². The van der Waals surface area contributed by atoms with Crippen molar-refractivity contribution in [2.24, 2.45) is 0 Å². The first-order chi connectivity index (χ1) is 9.43. The van der Waals surface area contributed by atoms with Crippen LogP contribution in [0.15, 0.2) is 24.8 Å². The van der Waals surface area contributed by atoms with Crippen LogP contribution in [0.25, 0.3) is 21.9 Å². The number of pyridine rings is 1. The normalized spacial score (nSPS) is 16.3. The zero-order chi connectivity index (χ0) is 12.7. The summed E-state index contributed by atoms with van der Waals surface area (Å²) in [6, 6.07) is 2.00. The van der Waals surface area contributed by atoms with Gasteiger partial charge in [0.05, 0.1) is 30.3 Å². The van der Waals surface area contributed by atoms with E-state index in [9.17, 15) is 0 Å². The molecule has 0 saturated carbocycles. The molecule has 1 saturated heterocycles. The minimum Gasteiger partial charge on any atom is -0.378 e. The van der Waals surface area contributed by atoms with Gasteiger partial charge in [-0.15, -0.1) is 0 Å². The van der Waals surface area contributed by atoms with Gasteiger partial charge in [0.1, 0.15) is 17.8 Å². The molecule has 0 radical (unpaired) electrons. The van der Waals surface area contributed by atoms with E-state index >= 15 is 0 Å². The Labute approximate surface area is 109 Å². The van der Waals surface area contributed by atoms with E-state index in [0.717, 1.165) is 54.1 Å². The maximum Gasteiger partial charge on any atom is 0.143 e. The van der Waals surface area contributed by atoms with Crippen LogP contribution >= 0.6 is 0 Å². The molecule has 96 valence electrons. The van der Waals surface area contributed by atoms with Crippen LogP contribution in [-0.4, -0.2) is 46.2 Å². The summed E-state index contributed by atoms with van der Waals surface area (Å²) in [4.78, 5) is 18.5. The molecule has 1 fully saturated rings. The van der Waals surface area contributed by atoms with E-state index in [0.29, 0.717) is 0 Å². The Balaban J connectivity index is 1.98. The van der Waals surface area contributed by atoms with Gasteiger partial charge < -0.3 is 14.6 Å². The summed E-state index contributed by atoms with van der Waals surface area (Å²) in [5.41, 5.74) is 1.85. The molecule has 0 aromatic carbocycles. The highest BCUT2D eigenvalue weighted by Crippen LogP contribution is 2.30. The van der Waals surface area contributed by atoms with Crippen molar-refractivity contribution in [3.05, 3.63) is 24.8 Å². The summed E-state index contributed by atoms with van der Waals surface area (Å²) >= 11 is 0. The molecular weight excluding hydrogens is 242 g/mol. The molecular formula is C13H13N5O. The van der Waals surface area contributed by atoms with E-state index in [1.165, 1.54) is 0 Å². The topological polar surface area (TPSA) is 66.9 Å². The van der Waals surface area contributed by atoms with Crippen LogP contribution in [0.4, 0.5) is 5.82 Å². The Morgan fingerprint density at radius 1 is 1.21 bits per heavy atom. The van der Waals surface area contributed by atoms with Crippen molar-refractivity contribution < 1.29 is 4.74 Å². The number of aromatic nitrogens is 4. The molecule has 6 nitrogen and oxygen atoms in total. The Morgan fingerprint density at radius 2 is 2.11 bits per heavy atom. The molecule has 3 aromatic heterocycles. The van der Waals surface area contributed by atoms with Crippen molar-refractivity contribution in [1.82, 2.24) is 19.9 Å². The SMILES string of the molecule is c1cc2c(cn1)[nH]c1ncnc(N3CCOCC3)c12. The quantitative estimate of drug-likeness (QED) is 0.710. The number of hydrogen-bond acceptors (Lipinski definition) is 5. The van der Waals surface area contributed by atoms with E-state index < -0.39 is 0 Å². The number of morpholine rings is 1. The number of nitrogens with zero attached hydrogens (tertiary/aromatic N) is 4. The maximum absolute atomic E-state index is 5.40. The first-order valence-electron chi connectivity index (χ1n) is 6.32. The van der Waals surface area contributed by atoms with Crippen molar-refractivity contribution in [2.45, 2.75) is 0 Å². The fraction of sp³-hybridized carbons (Fsp3) is 0.308. The van der Waals surface area contributed by atoms with Gasteiger partial charge in [0, 0.05) is 24.7 Å². The molecule has 1 aliphatic rings. The highest BCUT2D eigenvalue weighted by atomic mass is 16.5. The Kier molecular flexibility index (Phi) is 2.34. The second-order valence-electron chi connectivity index (χ2n) is 4.57. The van der Waals surface area contributed by atoms with Gasteiger partial charge >= 0.3 is 0 Å². The zero-order valence-corrected chi connectivity index (χ0v) is 10.3. The second-order valence-corrected chi connectivity index (χ2v) is 4.57. The first-order valence-corrected chi connectivity index (χ1v) is 6.32. The molecule has 1 aliphatic heterocycles. The standard InChI is InChI=1S/C13H13N5O/c1-2-14-7-10-9(1)11-12(17-10)15-8-16-13(11)18-3-5-19-6-4-18/h1-2,7-8H,3-6H2,(H,15,16,17). The number of nitrogens with one attached hydrogen (secondary N) is 1. The van der Waals surface area contributed by atoms with Crippen molar-refractivity contribution in [2.75, 3.05) is 31.2 Å². The van der Waals surface area contributed by atoms with Crippen LogP contribution in [0.2, 0.25) is 0 Å². The predicted molar refractivity (Wildman–Crippen MR) is 72.2 cm³/mol. The number of ether oxygens (including phenoxy) is 1. The molecule has 6 heteroatoms. The smallest absolute Gasteiger partial charge is 0.143 e. The average molecular weight is 255 g/mol. The van der Waals surface area contributed by atoms with Crippen molar-refractivity contribution >= 4 is 27.8 Å². The van der Waals surface area contributed by atoms with E-state index in [1.807, 2.05) is 12.3 Å². The lowest BCUT2D eigenvalue weighted by atomic mass is 10.2. The number of aromatic amines is 1. The van der Waals surface area contributed by atoms with Crippen LogP contribution in [0, 0.1) is 0 Å². The van der Waals surface area contributed by atoms with Gasteiger partial charge in [-0.2, -0.15) is 0 Å². The van der Waals surface area contributed by atoms with Crippen LogP contribution < -0.4 is 4.90 Å². The third-order valence-corrected chi connectivity index (χ3v) is 3.48. The molecule has 0 aliphatic carbocycles. The van der Waals surface area contributed by atoms with Gasteiger partial charge in [-0.1, -0.05) is 0 Å². The second kappa shape index (κ2) is 4.17. The van der Waals surface area contributed by atoms with Crippen molar-refractivity contribution in [3.63, 3.8) is 0 Å². The number of fused-ring (bicyclic) bond motifs is 3. The highest BCUT2D eigenvalue weighted by Gasteiger charge is 2.18. The fourth-order valence-electron chi connectivity index (χ4n) is 2.57. The largest absolute Gasteiger partial charge is 0.378 e. The molecule has 0 atom stereocenters. The van der Waals surface area contributed by atoms with Gasteiger partial charge in [0.15, 0.2) is 0 Å². The summed E-state index contributed by atoms with van der Waals surface area (Å²) in [5.74, 6) is 0.978. The minimum absolute atomic E-state index is 0.745. The monoisotopic (exact) mass is 255 g/mol. The van der Waals surface area contributed by atoms with E-state index in [1.54, 1.807) is 12.5 Å². The van der Waals surface area contributed by atoms with Crippen LogP contribution in [0.1, 0.15) is 0 Å². The van der Waals surface area contributed by atoms with Gasteiger partial charge in [-0.3, -0.25) is 4.98 Å². The lowest BCUT2D eigenvalue weighted by Crippen LogP contribution is -2.36. The van der Waals surface area contributed by atoms with Crippen molar-refractivity contribution in [3.8, 4) is 0 Å². The number of anilines is 1. The molecule has 0 bridgehead atoms. The van der Waals surface area contributed by atoms with E-state index in [-0.39, 0.29) is 0 Å². The van der Waals surface area contributed by atoms with Crippen LogP contribution in [0.3, 0.4) is 0 Å². The predicted octanol–water partition coefficient (Wildman–Crippen LogP) is 1.34. The number of H-pyrrole nitrogens is 1. The highest BCUT2D eigenvalue weighted by molar-refractivity contribution is 6.10. The molecule has 0 amide bonds. The minimum atomic E-state index is 0.745. The van der Waals surface area contributed by atoms with E-state index in [2.05, 4.69) is 24.8 Å². The van der Waals surface area contributed by atoms with Gasteiger partial charge in [0.25, 0.3) is 0 Å². The first kappa shape index (κ1) is 10.7. The summed E-state index contributed by atoms with van der Waals surface area (Å²) in [6.07, 6.45) is 5.22. The van der Waals surface area contributed by atoms with E-state index in [4.69, 9.17) is 4.74 Å². The lowest BCUT2D eigenvalue weighted by molar-refractivity contribution is 0.122. The lowest BCUT2D eigenvalue weighted by Gasteiger charge is -2.28. The average Bonchev–Trinajstić information content (AvgIpc) is 2.86. The fourth-order valence-corrected chi connectivity index (χ4v) is 2.57. The molecule has 4 heterocycles. The van der Waals surface area contributed by atoms with Gasteiger partial charge in [0.2, 0.25) is 0 Å². The third kappa shape index (κ3) is 1.64. The molecule has 19 heavy (non-hydrogen) atoms. The van der Waals surface area contributed by atoms with Gasteiger partial charge in [-0.05, 0) is 6.07 Å². The summed E-state index contributed by atoms with van der Waals surface area (Å²) in [7, 11) is 0. The van der Waals surface area contributed by atoms with Crippen LogP contribution in [-0.2, 0) is 4.74 Å². The zero-order valence-electron chi connectivity index (χ0n) is 10.3. The molecule has 0 unspecified atom stereocenters. The Morgan fingerprint density at radius 3 is 3.00 bits per heavy atom.